The molecule has 0 atom stereocenters. The first-order valence-corrected chi connectivity index (χ1v) is 5.15. The van der Waals surface area contributed by atoms with Gasteiger partial charge in [-0.3, -0.25) is 4.57 Å². The Morgan fingerprint density at radius 3 is 2.47 bits per heavy atom. The molecule has 0 bridgehead atoms. The maximum Gasteiger partial charge on any atom is 0.434 e. The summed E-state index contributed by atoms with van der Waals surface area (Å²) in [6, 6.07) is 6.73. The SMILES string of the molecule is Cc1ccccc1-n1cnc(Cl)c1C(F)(F)F. The van der Waals surface area contributed by atoms with Crippen LogP contribution in [0.3, 0.4) is 0 Å². The van der Waals surface area contributed by atoms with Gasteiger partial charge in [0, 0.05) is 0 Å². The van der Waals surface area contributed by atoms with Crippen LogP contribution in [0, 0.1) is 6.92 Å². The average Bonchev–Trinajstić information content (AvgIpc) is 2.60. The highest BCUT2D eigenvalue weighted by Gasteiger charge is 2.38. The van der Waals surface area contributed by atoms with Crippen LogP contribution in [-0.2, 0) is 6.18 Å². The van der Waals surface area contributed by atoms with Gasteiger partial charge in [-0.05, 0) is 18.6 Å². The van der Waals surface area contributed by atoms with Gasteiger partial charge in [-0.25, -0.2) is 4.98 Å². The Morgan fingerprint density at radius 1 is 1.24 bits per heavy atom. The molecule has 1 aromatic carbocycles. The minimum atomic E-state index is -4.53. The third kappa shape index (κ3) is 2.15. The van der Waals surface area contributed by atoms with E-state index < -0.39 is 17.0 Å². The van der Waals surface area contributed by atoms with E-state index >= 15 is 0 Å². The first-order valence-electron chi connectivity index (χ1n) is 4.77. The second kappa shape index (κ2) is 4.07. The summed E-state index contributed by atoms with van der Waals surface area (Å²) in [5.74, 6) is 0. The lowest BCUT2D eigenvalue weighted by molar-refractivity contribution is -0.142. The van der Waals surface area contributed by atoms with Crippen molar-refractivity contribution in [2.45, 2.75) is 13.1 Å². The minimum Gasteiger partial charge on any atom is -0.294 e. The number of aromatic nitrogens is 2. The van der Waals surface area contributed by atoms with Crippen LogP contribution >= 0.6 is 11.6 Å². The number of halogens is 4. The second-order valence-electron chi connectivity index (χ2n) is 3.54. The third-order valence-electron chi connectivity index (χ3n) is 2.37. The van der Waals surface area contributed by atoms with Crippen LogP contribution in [0.2, 0.25) is 5.15 Å². The van der Waals surface area contributed by atoms with Crippen molar-refractivity contribution >= 4 is 11.6 Å². The highest BCUT2D eigenvalue weighted by Crippen LogP contribution is 2.35. The van der Waals surface area contributed by atoms with Gasteiger partial charge in [0.2, 0.25) is 0 Å². The van der Waals surface area contributed by atoms with E-state index in [9.17, 15) is 13.2 Å². The van der Waals surface area contributed by atoms with Gasteiger partial charge in [0.15, 0.2) is 10.8 Å². The molecule has 0 aliphatic heterocycles. The number of nitrogens with zero attached hydrogens (tertiary/aromatic N) is 2. The number of hydrogen-bond acceptors (Lipinski definition) is 1. The summed E-state index contributed by atoms with van der Waals surface area (Å²) in [6.07, 6.45) is -3.46. The molecule has 0 amide bonds. The fourth-order valence-electron chi connectivity index (χ4n) is 1.60. The van der Waals surface area contributed by atoms with Crippen molar-refractivity contribution in [3.05, 3.63) is 47.0 Å². The number of hydrogen-bond donors (Lipinski definition) is 0. The van der Waals surface area contributed by atoms with Crippen LogP contribution < -0.4 is 0 Å². The summed E-state index contributed by atoms with van der Waals surface area (Å²) in [7, 11) is 0. The van der Waals surface area contributed by atoms with Gasteiger partial charge < -0.3 is 0 Å². The molecule has 0 radical (unpaired) electrons. The normalized spacial score (nSPS) is 11.8. The minimum absolute atomic E-state index is 0.416. The molecule has 90 valence electrons. The van der Waals surface area contributed by atoms with Crippen molar-refractivity contribution in [2.24, 2.45) is 0 Å². The molecule has 0 spiro atoms. The van der Waals surface area contributed by atoms with E-state index in [4.69, 9.17) is 11.6 Å². The first kappa shape index (κ1) is 12.0. The highest BCUT2D eigenvalue weighted by molar-refractivity contribution is 6.30. The first-order chi connectivity index (χ1) is 7.91. The molecule has 2 nitrogen and oxygen atoms in total. The smallest absolute Gasteiger partial charge is 0.294 e. The standard InChI is InChI=1S/C11H8ClF3N2/c1-7-4-2-3-5-8(7)17-6-16-10(12)9(17)11(13,14)15/h2-6H,1H3. The van der Waals surface area contributed by atoms with Crippen LogP contribution in [0.1, 0.15) is 11.3 Å². The van der Waals surface area contributed by atoms with Crippen LogP contribution in [0.15, 0.2) is 30.6 Å². The van der Waals surface area contributed by atoms with Crippen molar-refractivity contribution in [1.82, 2.24) is 9.55 Å². The zero-order chi connectivity index (χ0) is 12.6. The Hall–Kier alpha value is -1.49. The molecule has 0 fully saturated rings. The maximum absolute atomic E-state index is 12.8. The van der Waals surface area contributed by atoms with Gasteiger partial charge in [-0.15, -0.1) is 0 Å². The largest absolute Gasteiger partial charge is 0.434 e. The Balaban J connectivity index is 2.66. The second-order valence-corrected chi connectivity index (χ2v) is 3.90. The predicted molar refractivity (Wildman–Crippen MR) is 58.3 cm³/mol. The van der Waals surface area contributed by atoms with Crippen molar-refractivity contribution < 1.29 is 13.2 Å². The van der Waals surface area contributed by atoms with Crippen LogP contribution in [-0.4, -0.2) is 9.55 Å². The van der Waals surface area contributed by atoms with Crippen LogP contribution in [0.25, 0.3) is 5.69 Å². The molecule has 0 aliphatic carbocycles. The molecule has 6 heteroatoms. The molecule has 0 saturated heterocycles. The van der Waals surface area contributed by atoms with Gasteiger partial charge in [0.1, 0.15) is 6.33 Å². The fourth-order valence-corrected chi connectivity index (χ4v) is 1.84. The Bertz CT molecular complexity index is 546. The molecule has 17 heavy (non-hydrogen) atoms. The molecule has 0 saturated carbocycles. The van der Waals surface area contributed by atoms with Crippen molar-refractivity contribution in [2.75, 3.05) is 0 Å². The number of para-hydroxylation sites is 1. The zero-order valence-electron chi connectivity index (χ0n) is 8.79. The number of alkyl halides is 3. The molecular formula is C11H8ClF3N2. The molecule has 0 aliphatic rings. The van der Waals surface area contributed by atoms with Gasteiger partial charge in [-0.2, -0.15) is 13.2 Å². The number of aryl methyl sites for hydroxylation is 1. The van der Waals surface area contributed by atoms with Gasteiger partial charge in [0.25, 0.3) is 0 Å². The zero-order valence-corrected chi connectivity index (χ0v) is 9.55. The van der Waals surface area contributed by atoms with E-state index in [1.165, 1.54) is 0 Å². The number of imidazole rings is 1. The summed E-state index contributed by atoms with van der Waals surface area (Å²) in [4.78, 5) is 3.51. The van der Waals surface area contributed by atoms with E-state index in [0.29, 0.717) is 11.3 Å². The Labute approximate surface area is 101 Å². The van der Waals surface area contributed by atoms with Crippen LogP contribution in [0.4, 0.5) is 13.2 Å². The van der Waals surface area contributed by atoms with Gasteiger partial charge >= 0.3 is 6.18 Å². The van der Waals surface area contributed by atoms with Crippen molar-refractivity contribution in [1.29, 1.82) is 0 Å². The van der Waals surface area contributed by atoms with E-state index in [1.54, 1.807) is 31.2 Å². The lowest BCUT2D eigenvalue weighted by Crippen LogP contribution is -2.13. The monoisotopic (exact) mass is 260 g/mol. The fraction of sp³-hybridized carbons (Fsp3) is 0.182. The summed E-state index contributed by atoms with van der Waals surface area (Å²) >= 11 is 5.48. The van der Waals surface area contributed by atoms with Crippen LogP contribution in [0.5, 0.6) is 0 Å². The molecule has 1 heterocycles. The molecule has 0 N–H and O–H groups in total. The molecule has 1 aromatic heterocycles. The number of benzene rings is 1. The van der Waals surface area contributed by atoms with E-state index in [2.05, 4.69) is 4.98 Å². The van der Waals surface area contributed by atoms with E-state index in [1.807, 2.05) is 0 Å². The predicted octanol–water partition coefficient (Wildman–Crippen LogP) is 3.85. The quantitative estimate of drug-likeness (QED) is 0.761. The lowest BCUT2D eigenvalue weighted by Gasteiger charge is -2.13. The lowest BCUT2D eigenvalue weighted by atomic mass is 10.2. The molecule has 2 aromatic rings. The molecule has 2 rings (SSSR count). The summed E-state index contributed by atoms with van der Waals surface area (Å²) < 4.78 is 39.4. The summed E-state index contributed by atoms with van der Waals surface area (Å²) in [6.45, 7) is 1.73. The van der Waals surface area contributed by atoms with Gasteiger partial charge in [-0.1, -0.05) is 29.8 Å². The molecular weight excluding hydrogens is 253 g/mol. The summed E-state index contributed by atoms with van der Waals surface area (Å²) in [5.41, 5.74) is 0.180. The maximum atomic E-state index is 12.8. The number of rotatable bonds is 1. The van der Waals surface area contributed by atoms with Gasteiger partial charge in [0.05, 0.1) is 5.69 Å². The average molecular weight is 261 g/mol. The van der Waals surface area contributed by atoms with E-state index in [-0.39, 0.29) is 0 Å². The highest BCUT2D eigenvalue weighted by atomic mass is 35.5. The molecule has 0 unspecified atom stereocenters. The Morgan fingerprint density at radius 2 is 1.88 bits per heavy atom. The topological polar surface area (TPSA) is 17.8 Å². The third-order valence-corrected chi connectivity index (χ3v) is 2.64. The van der Waals surface area contributed by atoms with Crippen molar-refractivity contribution in [3.63, 3.8) is 0 Å². The van der Waals surface area contributed by atoms with E-state index in [0.717, 1.165) is 10.9 Å². The van der Waals surface area contributed by atoms with Crippen molar-refractivity contribution in [3.8, 4) is 5.69 Å². The summed E-state index contributed by atoms with van der Waals surface area (Å²) in [5, 5.41) is -0.541. The Kier molecular flexibility index (Phi) is 2.87.